The maximum absolute atomic E-state index is 12.0. The standard InChI is InChI=1S/C11H17NO3/c1-15-11(14)12-7-6-9(12)10(13)8-4-2-3-5-8/h8-9H,2-7H2,1H3. The zero-order valence-corrected chi connectivity index (χ0v) is 9.07. The molecule has 0 radical (unpaired) electrons. The van der Waals surface area contributed by atoms with E-state index in [2.05, 4.69) is 4.74 Å². The molecule has 0 aromatic rings. The molecule has 1 atom stereocenters. The van der Waals surface area contributed by atoms with Crippen molar-refractivity contribution in [2.45, 2.75) is 38.1 Å². The Morgan fingerprint density at radius 2 is 1.87 bits per heavy atom. The first-order valence-corrected chi connectivity index (χ1v) is 5.62. The number of carbonyl (C=O) groups excluding carboxylic acids is 2. The highest BCUT2D eigenvalue weighted by Crippen LogP contribution is 2.31. The molecule has 0 aromatic carbocycles. The molecule has 1 saturated carbocycles. The van der Waals surface area contributed by atoms with Crippen LogP contribution >= 0.6 is 0 Å². The van der Waals surface area contributed by atoms with E-state index in [9.17, 15) is 9.59 Å². The SMILES string of the molecule is COC(=O)N1CCC1C(=O)C1CCCC1. The van der Waals surface area contributed by atoms with E-state index in [-0.39, 0.29) is 23.8 Å². The number of carbonyl (C=O) groups is 2. The molecule has 1 heterocycles. The van der Waals surface area contributed by atoms with Crippen LogP contribution in [-0.4, -0.2) is 36.5 Å². The van der Waals surface area contributed by atoms with Crippen molar-refractivity contribution in [1.29, 1.82) is 0 Å². The second kappa shape index (κ2) is 4.21. The van der Waals surface area contributed by atoms with Crippen LogP contribution in [0.5, 0.6) is 0 Å². The van der Waals surface area contributed by atoms with Crippen LogP contribution in [0.1, 0.15) is 32.1 Å². The second-order valence-corrected chi connectivity index (χ2v) is 4.35. The van der Waals surface area contributed by atoms with Gasteiger partial charge in [0.15, 0.2) is 5.78 Å². The van der Waals surface area contributed by atoms with Crippen molar-refractivity contribution in [3.8, 4) is 0 Å². The topological polar surface area (TPSA) is 46.6 Å². The molecule has 2 aliphatic rings. The molecule has 84 valence electrons. The van der Waals surface area contributed by atoms with Gasteiger partial charge in [-0.25, -0.2) is 4.79 Å². The fraction of sp³-hybridized carbons (Fsp3) is 0.818. The average molecular weight is 211 g/mol. The molecule has 1 amide bonds. The van der Waals surface area contributed by atoms with E-state index in [0.717, 1.165) is 32.1 Å². The highest BCUT2D eigenvalue weighted by Gasteiger charge is 2.41. The van der Waals surface area contributed by atoms with Crippen LogP contribution in [0, 0.1) is 5.92 Å². The zero-order valence-electron chi connectivity index (χ0n) is 9.07. The van der Waals surface area contributed by atoms with Crippen LogP contribution in [0.2, 0.25) is 0 Å². The minimum Gasteiger partial charge on any atom is -0.453 e. The molecule has 1 aliphatic heterocycles. The number of likely N-dealkylation sites (tertiary alicyclic amines) is 1. The fourth-order valence-electron chi connectivity index (χ4n) is 2.50. The van der Waals surface area contributed by atoms with Crippen LogP contribution in [-0.2, 0) is 9.53 Å². The number of ketones is 1. The van der Waals surface area contributed by atoms with Crippen molar-refractivity contribution < 1.29 is 14.3 Å². The van der Waals surface area contributed by atoms with Gasteiger partial charge in [0.05, 0.1) is 13.2 Å². The number of hydrogen-bond donors (Lipinski definition) is 0. The zero-order chi connectivity index (χ0) is 10.8. The molecule has 1 unspecified atom stereocenters. The average Bonchev–Trinajstić information content (AvgIpc) is 2.68. The van der Waals surface area contributed by atoms with Crippen LogP contribution in [0.3, 0.4) is 0 Å². The third-order valence-electron chi connectivity index (χ3n) is 3.51. The van der Waals surface area contributed by atoms with Crippen LogP contribution in [0.4, 0.5) is 4.79 Å². The van der Waals surface area contributed by atoms with Crippen LogP contribution in [0.15, 0.2) is 0 Å². The smallest absolute Gasteiger partial charge is 0.410 e. The Morgan fingerprint density at radius 1 is 1.20 bits per heavy atom. The summed E-state index contributed by atoms with van der Waals surface area (Å²) < 4.78 is 4.63. The molecule has 15 heavy (non-hydrogen) atoms. The van der Waals surface area contributed by atoms with E-state index in [1.165, 1.54) is 7.11 Å². The van der Waals surface area contributed by atoms with Crippen LogP contribution < -0.4 is 0 Å². The Morgan fingerprint density at radius 3 is 2.33 bits per heavy atom. The van der Waals surface area contributed by atoms with Gasteiger partial charge in [-0.3, -0.25) is 9.69 Å². The molecule has 0 spiro atoms. The van der Waals surface area contributed by atoms with Gasteiger partial charge in [-0.2, -0.15) is 0 Å². The summed E-state index contributed by atoms with van der Waals surface area (Å²) in [5.41, 5.74) is 0. The number of methoxy groups -OCH3 is 1. The third kappa shape index (κ3) is 1.85. The number of ether oxygens (including phenoxy) is 1. The summed E-state index contributed by atoms with van der Waals surface area (Å²) >= 11 is 0. The first-order chi connectivity index (χ1) is 7.24. The summed E-state index contributed by atoms with van der Waals surface area (Å²) in [4.78, 5) is 24.8. The van der Waals surface area contributed by atoms with Gasteiger partial charge in [-0.05, 0) is 19.3 Å². The Hall–Kier alpha value is -1.06. The molecule has 0 N–H and O–H groups in total. The molecule has 4 nitrogen and oxygen atoms in total. The molecule has 4 heteroatoms. The molecular weight excluding hydrogens is 194 g/mol. The summed E-state index contributed by atoms with van der Waals surface area (Å²) in [5.74, 6) is 0.451. The fourth-order valence-corrected chi connectivity index (χ4v) is 2.50. The number of Topliss-reactive ketones (excluding diaryl/α,β-unsaturated/α-hetero) is 1. The second-order valence-electron chi connectivity index (χ2n) is 4.35. The van der Waals surface area contributed by atoms with E-state index in [0.29, 0.717) is 6.54 Å². The normalized spacial score (nSPS) is 26.2. The van der Waals surface area contributed by atoms with Crippen molar-refractivity contribution in [2.75, 3.05) is 13.7 Å². The lowest BCUT2D eigenvalue weighted by Crippen LogP contribution is -2.56. The number of hydrogen-bond acceptors (Lipinski definition) is 3. The predicted molar refractivity (Wildman–Crippen MR) is 54.5 cm³/mol. The minimum absolute atomic E-state index is 0.194. The van der Waals surface area contributed by atoms with E-state index in [1.54, 1.807) is 4.90 Å². The van der Waals surface area contributed by atoms with Crippen molar-refractivity contribution in [3.05, 3.63) is 0 Å². The van der Waals surface area contributed by atoms with Gasteiger partial charge in [0.1, 0.15) is 0 Å². The third-order valence-corrected chi connectivity index (χ3v) is 3.51. The summed E-state index contributed by atoms with van der Waals surface area (Å²) in [7, 11) is 1.36. The predicted octanol–water partition coefficient (Wildman–Crippen LogP) is 1.59. The summed E-state index contributed by atoms with van der Waals surface area (Å²) in [6, 6.07) is -0.194. The van der Waals surface area contributed by atoms with Gasteiger partial charge in [-0.1, -0.05) is 12.8 Å². The maximum Gasteiger partial charge on any atom is 0.410 e. The molecule has 2 rings (SSSR count). The molecule has 0 aromatic heterocycles. The van der Waals surface area contributed by atoms with E-state index in [4.69, 9.17) is 0 Å². The molecule has 2 fully saturated rings. The molecule has 1 saturated heterocycles. The number of rotatable bonds is 2. The van der Waals surface area contributed by atoms with E-state index >= 15 is 0 Å². The van der Waals surface area contributed by atoms with Gasteiger partial charge in [0.25, 0.3) is 0 Å². The highest BCUT2D eigenvalue weighted by molar-refractivity contribution is 5.90. The van der Waals surface area contributed by atoms with E-state index < -0.39 is 0 Å². The summed E-state index contributed by atoms with van der Waals surface area (Å²) in [6.07, 6.45) is 4.76. The van der Waals surface area contributed by atoms with Gasteiger partial charge < -0.3 is 4.74 Å². The van der Waals surface area contributed by atoms with Gasteiger partial charge >= 0.3 is 6.09 Å². The Labute approximate surface area is 89.6 Å². The number of amides is 1. The minimum atomic E-state index is -0.363. The number of nitrogens with zero attached hydrogens (tertiary/aromatic N) is 1. The largest absolute Gasteiger partial charge is 0.453 e. The Kier molecular flexibility index (Phi) is 2.93. The van der Waals surface area contributed by atoms with Crippen molar-refractivity contribution in [1.82, 2.24) is 4.90 Å². The Balaban J connectivity index is 1.93. The van der Waals surface area contributed by atoms with Crippen molar-refractivity contribution in [3.63, 3.8) is 0 Å². The van der Waals surface area contributed by atoms with Gasteiger partial charge in [-0.15, -0.1) is 0 Å². The first-order valence-electron chi connectivity index (χ1n) is 5.62. The molecule has 0 bridgehead atoms. The quantitative estimate of drug-likeness (QED) is 0.696. The summed E-state index contributed by atoms with van der Waals surface area (Å²) in [5, 5.41) is 0. The highest BCUT2D eigenvalue weighted by atomic mass is 16.5. The monoisotopic (exact) mass is 211 g/mol. The molecule has 1 aliphatic carbocycles. The lowest BCUT2D eigenvalue weighted by atomic mass is 9.89. The lowest BCUT2D eigenvalue weighted by molar-refractivity contribution is -0.131. The van der Waals surface area contributed by atoms with Gasteiger partial charge in [0.2, 0.25) is 0 Å². The molecular formula is C11H17NO3. The lowest BCUT2D eigenvalue weighted by Gasteiger charge is -2.39. The van der Waals surface area contributed by atoms with Gasteiger partial charge in [0, 0.05) is 12.5 Å². The van der Waals surface area contributed by atoms with E-state index in [1.807, 2.05) is 0 Å². The Bertz CT molecular complexity index is 271. The maximum atomic E-state index is 12.0. The van der Waals surface area contributed by atoms with Crippen molar-refractivity contribution >= 4 is 11.9 Å². The van der Waals surface area contributed by atoms with Crippen molar-refractivity contribution in [2.24, 2.45) is 5.92 Å². The first kappa shape index (κ1) is 10.5. The van der Waals surface area contributed by atoms with Crippen LogP contribution in [0.25, 0.3) is 0 Å². The summed E-state index contributed by atoms with van der Waals surface area (Å²) in [6.45, 7) is 0.663.